The van der Waals surface area contributed by atoms with Gasteiger partial charge in [0, 0.05) is 72.8 Å². The molecule has 3 heterocycles. The molecule has 0 amide bonds. The van der Waals surface area contributed by atoms with Crippen LogP contribution in [0.2, 0.25) is 0 Å². The molecule has 5 heteroatoms. The third-order valence-electron chi connectivity index (χ3n) is 24.1. The number of rotatable bonds is 12. The smallest absolute Gasteiger partial charge is 0.252 e. The molecule has 1 aromatic heterocycles. The summed E-state index contributed by atoms with van der Waals surface area (Å²) in [5, 5.41) is 2.32. The molecule has 0 bridgehead atoms. The molecule has 115 heavy (non-hydrogen) atoms. The van der Waals surface area contributed by atoms with E-state index in [1.165, 1.54) is 60.7 Å². The van der Waals surface area contributed by atoms with E-state index in [1.54, 1.807) is 0 Å². The van der Waals surface area contributed by atoms with Gasteiger partial charge in [0.15, 0.2) is 0 Å². The largest absolute Gasteiger partial charge is 0.310 e. The molecule has 16 aromatic rings. The molecule has 2 aliphatic heterocycles. The summed E-state index contributed by atoms with van der Waals surface area (Å²) in [5.41, 5.74) is 36.6. The van der Waals surface area contributed by atoms with Gasteiger partial charge in [-0.3, -0.25) is 0 Å². The molecule has 0 aliphatic carbocycles. The fourth-order valence-corrected chi connectivity index (χ4v) is 17.7. The monoisotopic (exact) mass is 1490 g/mol. The number of para-hydroxylation sites is 4. The third-order valence-corrected chi connectivity index (χ3v) is 24.1. The van der Waals surface area contributed by atoms with Gasteiger partial charge in [0.05, 0.1) is 28.1 Å². The zero-order valence-electron chi connectivity index (χ0n) is 69.2. The first kappa shape index (κ1) is 74.0. The lowest BCUT2D eigenvalue weighted by atomic mass is 9.33. The number of hydrogen-bond acceptors (Lipinski definition) is 3. The molecule has 0 atom stereocenters. The van der Waals surface area contributed by atoms with E-state index in [2.05, 4.69) is 463 Å². The second kappa shape index (κ2) is 28.3. The highest BCUT2D eigenvalue weighted by molar-refractivity contribution is 7.00. The van der Waals surface area contributed by atoms with E-state index in [0.29, 0.717) is 0 Å². The van der Waals surface area contributed by atoms with Crippen molar-refractivity contribution in [1.29, 1.82) is 0 Å². The molecular weight excluding hydrogens is 1390 g/mol. The van der Waals surface area contributed by atoms with Crippen LogP contribution in [0.4, 0.5) is 51.2 Å². The van der Waals surface area contributed by atoms with Crippen molar-refractivity contribution in [2.45, 2.75) is 131 Å². The Balaban J connectivity index is 1.05. The predicted octanol–water partition coefficient (Wildman–Crippen LogP) is 28.8. The number of benzene rings is 15. The molecule has 564 valence electrons. The van der Waals surface area contributed by atoms with Crippen LogP contribution in [0.5, 0.6) is 0 Å². The maximum Gasteiger partial charge on any atom is 0.252 e. The van der Waals surface area contributed by atoms with Gasteiger partial charge < -0.3 is 19.3 Å². The molecular formula is C110H101BN4. The molecule has 2 aliphatic rings. The third kappa shape index (κ3) is 13.5. The molecule has 4 nitrogen and oxygen atoms in total. The zero-order chi connectivity index (χ0) is 79.6. The molecule has 0 N–H and O–H groups in total. The van der Waals surface area contributed by atoms with Gasteiger partial charge in [0.25, 0.3) is 6.71 Å². The lowest BCUT2D eigenvalue weighted by Crippen LogP contribution is -2.61. The number of fused-ring (bicyclic) bond motifs is 7. The SMILES string of the molecule is CC(C)(C)c1cc(-c2ccc3c(c2)N(c2c(-c4ccccc4)cccc2-c2ccccc2)c2cc(-n4c5ccccc5c5cc(N(c6ccccc6)c6ccccc6)ccc54)cc4c2B3c2ccc(-c3cc(C(C)(C)C)cc(C(C)(C)C)c3)cc2N4c2c(-c3ccccc3)cc(C(C)(C)C)cc2-c2ccccc2)cc(C(C)(C)C)c1. The molecule has 18 rings (SSSR count). The van der Waals surface area contributed by atoms with E-state index in [1.807, 2.05) is 0 Å². The van der Waals surface area contributed by atoms with Crippen LogP contribution < -0.4 is 31.1 Å². The van der Waals surface area contributed by atoms with Crippen LogP contribution in [0.25, 0.3) is 94.3 Å². The minimum Gasteiger partial charge on any atom is -0.310 e. The van der Waals surface area contributed by atoms with Crippen LogP contribution in [0.1, 0.15) is 132 Å². The van der Waals surface area contributed by atoms with Crippen molar-refractivity contribution in [2.75, 3.05) is 14.7 Å². The van der Waals surface area contributed by atoms with Gasteiger partial charge in [-0.15, -0.1) is 0 Å². The van der Waals surface area contributed by atoms with Gasteiger partial charge in [0.1, 0.15) is 0 Å². The Bertz CT molecular complexity index is 6180. The summed E-state index contributed by atoms with van der Waals surface area (Å²) in [5.74, 6) is 0. The highest BCUT2D eigenvalue weighted by atomic mass is 15.2. The van der Waals surface area contributed by atoms with E-state index in [4.69, 9.17) is 0 Å². The zero-order valence-corrected chi connectivity index (χ0v) is 69.2. The highest BCUT2D eigenvalue weighted by Crippen LogP contribution is 2.56. The van der Waals surface area contributed by atoms with E-state index in [0.717, 1.165) is 129 Å². The van der Waals surface area contributed by atoms with E-state index in [9.17, 15) is 0 Å². The van der Waals surface area contributed by atoms with Crippen LogP contribution in [-0.2, 0) is 27.1 Å². The first-order chi connectivity index (χ1) is 55.2. The minimum atomic E-state index is -0.280. The summed E-state index contributed by atoms with van der Waals surface area (Å²) in [4.78, 5) is 7.87. The standard InChI is InChI=1S/C110H101BN4/c1-106(2,3)80-59-78(60-81(65-80)107(4,5)6)76-53-56-95-99(63-76)114(104-89(72-37-22-16-23-38-72)50-36-51-90(104)73-39-24-17-25-40-73)101-70-88(113-97-52-35-34-49-91(97)94-69-87(55-58-98(94)113)112(85-45-30-20-31-46-85)86-47-32-21-33-48-86)71-102-103(101)111(95)96-57-54-77(79-61-82(108(7,8)9)66-83(62-79)109(10,11)12)64-100(96)115(102)105-92(74-41-26-18-27-42-74)67-84(110(13,14)15)68-93(105)75-43-28-19-29-44-75/h16-71H,1-15H3. The van der Waals surface area contributed by atoms with Crippen LogP contribution in [-0.4, -0.2) is 11.3 Å². The molecule has 0 unspecified atom stereocenters. The quantitative estimate of drug-likeness (QED) is 0.113. The highest BCUT2D eigenvalue weighted by Gasteiger charge is 2.46. The summed E-state index contributed by atoms with van der Waals surface area (Å²) in [7, 11) is 0. The number of aromatic nitrogens is 1. The summed E-state index contributed by atoms with van der Waals surface area (Å²) in [6.45, 7) is 35.1. The van der Waals surface area contributed by atoms with Gasteiger partial charge >= 0.3 is 0 Å². The number of anilines is 9. The topological polar surface area (TPSA) is 14.7 Å². The van der Waals surface area contributed by atoms with Crippen molar-refractivity contribution in [3.05, 3.63) is 368 Å². The second-order valence-corrected chi connectivity index (χ2v) is 37.0. The molecule has 15 aromatic carbocycles. The van der Waals surface area contributed by atoms with Crippen LogP contribution >= 0.6 is 0 Å². The van der Waals surface area contributed by atoms with Gasteiger partial charge in [-0.1, -0.05) is 359 Å². The molecule has 0 saturated heterocycles. The molecule has 0 fully saturated rings. The molecule has 0 radical (unpaired) electrons. The number of hydrogen-bond donors (Lipinski definition) is 0. The summed E-state index contributed by atoms with van der Waals surface area (Å²) in [6, 6.07) is 130. The van der Waals surface area contributed by atoms with Gasteiger partial charge in [-0.05, 0) is 201 Å². The van der Waals surface area contributed by atoms with Crippen molar-refractivity contribution in [1.82, 2.24) is 4.57 Å². The van der Waals surface area contributed by atoms with E-state index in [-0.39, 0.29) is 33.8 Å². The van der Waals surface area contributed by atoms with Crippen LogP contribution in [0.3, 0.4) is 0 Å². The number of nitrogens with zero attached hydrogens (tertiary/aromatic N) is 4. The molecule has 0 saturated carbocycles. The summed E-state index contributed by atoms with van der Waals surface area (Å²) < 4.78 is 2.59. The molecule has 0 spiro atoms. The Labute approximate surface area is 681 Å². The van der Waals surface area contributed by atoms with Gasteiger partial charge in [0.2, 0.25) is 0 Å². The van der Waals surface area contributed by atoms with Gasteiger partial charge in [-0.25, -0.2) is 0 Å². The lowest BCUT2D eigenvalue weighted by Gasteiger charge is -2.46. The van der Waals surface area contributed by atoms with Gasteiger partial charge in [-0.2, -0.15) is 0 Å². The Morgan fingerprint density at radius 1 is 0.235 bits per heavy atom. The van der Waals surface area contributed by atoms with Crippen molar-refractivity contribution in [3.63, 3.8) is 0 Å². The maximum absolute atomic E-state index is 2.75. The van der Waals surface area contributed by atoms with E-state index >= 15 is 0 Å². The first-order valence-electron chi connectivity index (χ1n) is 41.1. The first-order valence-corrected chi connectivity index (χ1v) is 41.1. The lowest BCUT2D eigenvalue weighted by molar-refractivity contribution is 0.568. The van der Waals surface area contributed by atoms with Crippen LogP contribution in [0.15, 0.2) is 340 Å². The average molecular weight is 1490 g/mol. The Hall–Kier alpha value is -12.4. The fourth-order valence-electron chi connectivity index (χ4n) is 17.7. The normalized spacial score (nSPS) is 12.9. The Kier molecular flexibility index (Phi) is 18.2. The average Bonchev–Trinajstić information content (AvgIpc) is 1.17. The maximum atomic E-state index is 2.75. The Morgan fingerprint density at radius 2 is 0.583 bits per heavy atom. The van der Waals surface area contributed by atoms with Crippen molar-refractivity contribution < 1.29 is 0 Å². The second-order valence-electron chi connectivity index (χ2n) is 37.0. The summed E-state index contributed by atoms with van der Waals surface area (Å²) >= 11 is 0. The Morgan fingerprint density at radius 3 is 0.983 bits per heavy atom. The van der Waals surface area contributed by atoms with Crippen molar-refractivity contribution in [3.8, 4) is 72.4 Å². The predicted molar refractivity (Wildman–Crippen MR) is 496 cm³/mol. The van der Waals surface area contributed by atoms with Crippen molar-refractivity contribution in [2.24, 2.45) is 0 Å². The van der Waals surface area contributed by atoms with Crippen LogP contribution in [0, 0.1) is 0 Å². The fraction of sp³-hybridized carbons (Fsp3) is 0.182. The minimum absolute atomic E-state index is 0.120. The summed E-state index contributed by atoms with van der Waals surface area (Å²) in [6.07, 6.45) is 0. The van der Waals surface area contributed by atoms with E-state index < -0.39 is 0 Å². The van der Waals surface area contributed by atoms with Crippen molar-refractivity contribution >= 4 is 96.1 Å².